The zero-order chi connectivity index (χ0) is 19.5. The van der Waals surface area contributed by atoms with Gasteiger partial charge in [0.05, 0.1) is 39.1 Å². The van der Waals surface area contributed by atoms with Crippen molar-refractivity contribution in [3.8, 4) is 23.3 Å². The molecule has 0 spiro atoms. The van der Waals surface area contributed by atoms with E-state index >= 15 is 0 Å². The third-order valence-electron chi connectivity index (χ3n) is 3.75. The van der Waals surface area contributed by atoms with Crippen molar-refractivity contribution in [2.75, 3.05) is 41.3 Å². The van der Waals surface area contributed by atoms with Crippen molar-refractivity contribution in [3.05, 3.63) is 53.6 Å². The quantitative estimate of drug-likeness (QED) is 0.275. The predicted octanol–water partition coefficient (Wildman–Crippen LogP) is 3.77. The van der Waals surface area contributed by atoms with Gasteiger partial charge >= 0.3 is 0 Å². The first-order valence-electron chi connectivity index (χ1n) is 8.35. The van der Waals surface area contributed by atoms with Crippen LogP contribution in [0.3, 0.4) is 0 Å². The van der Waals surface area contributed by atoms with Gasteiger partial charge in [-0.15, -0.1) is 0 Å². The number of ether oxygens (including phenoxy) is 5. The van der Waals surface area contributed by atoms with E-state index in [0.29, 0.717) is 36.0 Å². The molecule has 0 atom stereocenters. The molecule has 142 valence electrons. The monoisotopic (exact) mass is 369 g/mol. The lowest BCUT2D eigenvalue weighted by atomic mass is 10.0. The Morgan fingerprint density at radius 3 is 2.33 bits per heavy atom. The molecule has 6 nitrogen and oxygen atoms in total. The lowest BCUT2D eigenvalue weighted by Gasteiger charge is -2.09. The average molecular weight is 369 g/mol. The topological polar surface area (TPSA) is 69.9 Å². The number of hydrogen-bond acceptors (Lipinski definition) is 6. The van der Waals surface area contributed by atoms with E-state index in [1.54, 1.807) is 45.6 Å². The minimum Gasteiger partial charge on any atom is -0.493 e. The zero-order valence-electron chi connectivity index (χ0n) is 15.7. The fourth-order valence-corrected chi connectivity index (χ4v) is 2.33. The summed E-state index contributed by atoms with van der Waals surface area (Å²) in [7, 11) is 4.78. The Hall–Kier alpha value is -3.01. The number of methoxy groups -OCH3 is 3. The van der Waals surface area contributed by atoms with Crippen molar-refractivity contribution < 1.29 is 23.7 Å². The van der Waals surface area contributed by atoms with Crippen LogP contribution < -0.4 is 14.2 Å². The molecular formula is C21H23NO5. The molecule has 0 aliphatic heterocycles. The Kier molecular flexibility index (Phi) is 8.17. The maximum Gasteiger partial charge on any atom is 0.189 e. The Morgan fingerprint density at radius 2 is 1.70 bits per heavy atom. The molecule has 27 heavy (non-hydrogen) atoms. The first kappa shape index (κ1) is 20.3. The van der Waals surface area contributed by atoms with E-state index in [1.807, 2.05) is 24.3 Å². The van der Waals surface area contributed by atoms with Gasteiger partial charge in [-0.05, 0) is 53.6 Å². The van der Waals surface area contributed by atoms with Gasteiger partial charge in [0.1, 0.15) is 5.75 Å². The highest BCUT2D eigenvalue weighted by atomic mass is 16.7. The molecule has 0 amide bonds. The second-order valence-electron chi connectivity index (χ2n) is 5.47. The fourth-order valence-electron chi connectivity index (χ4n) is 2.33. The van der Waals surface area contributed by atoms with Crippen LogP contribution in [0.25, 0.3) is 11.6 Å². The van der Waals surface area contributed by atoms with Crippen LogP contribution in [0.5, 0.6) is 17.2 Å². The zero-order valence-corrected chi connectivity index (χ0v) is 15.7. The van der Waals surface area contributed by atoms with Gasteiger partial charge in [0.2, 0.25) is 0 Å². The molecule has 0 bridgehead atoms. The second-order valence-corrected chi connectivity index (χ2v) is 5.47. The molecule has 0 fully saturated rings. The number of nitrogens with zero attached hydrogens (tertiary/aromatic N) is 1. The molecule has 0 aliphatic rings. The largest absolute Gasteiger partial charge is 0.493 e. The molecule has 0 aliphatic carbocycles. The number of allylic oxidation sites excluding steroid dienone is 1. The van der Waals surface area contributed by atoms with Crippen molar-refractivity contribution in [2.24, 2.45) is 0 Å². The number of rotatable bonds is 10. The summed E-state index contributed by atoms with van der Waals surface area (Å²) < 4.78 is 26.2. The molecule has 2 aromatic carbocycles. The van der Waals surface area contributed by atoms with Gasteiger partial charge in [0.25, 0.3) is 0 Å². The third-order valence-corrected chi connectivity index (χ3v) is 3.75. The van der Waals surface area contributed by atoms with Gasteiger partial charge in [0.15, 0.2) is 18.3 Å². The SMILES string of the molecule is COCCOCOc1ccc(/C(C#N)=C/c2ccc(OC)c(OC)c2)cc1. The van der Waals surface area contributed by atoms with E-state index in [-0.39, 0.29) is 6.79 Å². The van der Waals surface area contributed by atoms with Crippen LogP contribution in [0.2, 0.25) is 0 Å². The summed E-state index contributed by atoms with van der Waals surface area (Å²) >= 11 is 0. The van der Waals surface area contributed by atoms with Crippen molar-refractivity contribution in [1.29, 1.82) is 5.26 Å². The molecule has 6 heteroatoms. The van der Waals surface area contributed by atoms with Crippen molar-refractivity contribution in [2.45, 2.75) is 0 Å². The van der Waals surface area contributed by atoms with Gasteiger partial charge in [-0.3, -0.25) is 0 Å². The molecule has 0 saturated carbocycles. The van der Waals surface area contributed by atoms with E-state index in [4.69, 9.17) is 23.7 Å². The molecule has 2 aromatic rings. The maximum absolute atomic E-state index is 9.52. The predicted molar refractivity (Wildman–Crippen MR) is 103 cm³/mol. The van der Waals surface area contributed by atoms with Crippen LogP contribution in [0.1, 0.15) is 11.1 Å². The van der Waals surface area contributed by atoms with E-state index in [2.05, 4.69) is 6.07 Å². The number of hydrogen-bond donors (Lipinski definition) is 0. The summed E-state index contributed by atoms with van der Waals surface area (Å²) in [4.78, 5) is 0. The van der Waals surface area contributed by atoms with Gasteiger partial charge in [0, 0.05) is 7.11 Å². The lowest BCUT2D eigenvalue weighted by molar-refractivity contribution is -0.00847. The maximum atomic E-state index is 9.52. The number of benzene rings is 2. The normalized spacial score (nSPS) is 11.0. The first-order valence-corrected chi connectivity index (χ1v) is 8.35. The average Bonchev–Trinajstić information content (AvgIpc) is 2.72. The summed E-state index contributed by atoms with van der Waals surface area (Å²) in [5, 5.41) is 9.52. The van der Waals surface area contributed by atoms with E-state index in [0.717, 1.165) is 11.1 Å². The molecule has 0 unspecified atom stereocenters. The van der Waals surface area contributed by atoms with Crippen LogP contribution in [0, 0.1) is 11.3 Å². The van der Waals surface area contributed by atoms with Crippen molar-refractivity contribution >= 4 is 11.6 Å². The first-order chi connectivity index (χ1) is 13.2. The minimum absolute atomic E-state index is 0.148. The molecular weight excluding hydrogens is 346 g/mol. The van der Waals surface area contributed by atoms with Gasteiger partial charge in [-0.25, -0.2) is 0 Å². The van der Waals surface area contributed by atoms with Crippen LogP contribution in [-0.2, 0) is 9.47 Å². The van der Waals surface area contributed by atoms with Gasteiger partial charge in [-0.2, -0.15) is 5.26 Å². The molecule has 0 radical (unpaired) electrons. The Bertz CT molecular complexity index is 793. The molecule has 0 saturated heterocycles. The van der Waals surface area contributed by atoms with E-state index < -0.39 is 0 Å². The third kappa shape index (κ3) is 6.03. The van der Waals surface area contributed by atoms with E-state index in [9.17, 15) is 5.26 Å². The van der Waals surface area contributed by atoms with Gasteiger partial charge < -0.3 is 23.7 Å². The highest BCUT2D eigenvalue weighted by Gasteiger charge is 2.06. The Morgan fingerprint density at radius 1 is 0.963 bits per heavy atom. The molecule has 0 heterocycles. The van der Waals surface area contributed by atoms with Crippen molar-refractivity contribution in [1.82, 2.24) is 0 Å². The van der Waals surface area contributed by atoms with Crippen LogP contribution in [-0.4, -0.2) is 41.3 Å². The fraction of sp³-hybridized carbons (Fsp3) is 0.286. The van der Waals surface area contributed by atoms with Crippen LogP contribution >= 0.6 is 0 Å². The molecule has 2 rings (SSSR count). The Labute approximate surface area is 159 Å². The van der Waals surface area contributed by atoms with Crippen LogP contribution in [0.4, 0.5) is 0 Å². The summed E-state index contributed by atoms with van der Waals surface area (Å²) in [5.41, 5.74) is 2.17. The van der Waals surface area contributed by atoms with E-state index in [1.165, 1.54) is 0 Å². The summed E-state index contributed by atoms with van der Waals surface area (Å²) in [6, 6.07) is 15.0. The summed E-state index contributed by atoms with van der Waals surface area (Å²) in [6.45, 7) is 1.14. The standard InChI is InChI=1S/C21H23NO5/c1-23-10-11-26-15-27-19-7-5-17(6-8-19)18(14-22)12-16-4-9-20(24-2)21(13-16)25-3/h4-9,12-13H,10-11,15H2,1-3H3/b18-12+. The second kappa shape index (κ2) is 10.9. The summed E-state index contributed by atoms with van der Waals surface area (Å²) in [5.74, 6) is 1.92. The lowest BCUT2D eigenvalue weighted by Crippen LogP contribution is -2.07. The number of nitriles is 1. The minimum atomic E-state index is 0.148. The smallest absolute Gasteiger partial charge is 0.189 e. The highest BCUT2D eigenvalue weighted by molar-refractivity contribution is 5.89. The highest BCUT2D eigenvalue weighted by Crippen LogP contribution is 2.29. The molecule has 0 N–H and O–H groups in total. The Balaban J connectivity index is 2.08. The summed E-state index contributed by atoms with van der Waals surface area (Å²) in [6.07, 6.45) is 1.80. The molecule has 0 aromatic heterocycles. The van der Waals surface area contributed by atoms with Gasteiger partial charge in [-0.1, -0.05) is 6.07 Å². The van der Waals surface area contributed by atoms with Crippen LogP contribution in [0.15, 0.2) is 42.5 Å². The van der Waals surface area contributed by atoms with Crippen molar-refractivity contribution in [3.63, 3.8) is 0 Å².